The van der Waals surface area contributed by atoms with Crippen LogP contribution in [0.1, 0.15) is 77.5 Å². The molecular weight excluding hydrogens is 636 g/mol. The van der Waals surface area contributed by atoms with E-state index in [2.05, 4.69) is 0 Å². The lowest BCUT2D eigenvalue weighted by Crippen LogP contribution is -2.75. The van der Waals surface area contributed by atoms with Crippen molar-refractivity contribution < 1.29 is 62.0 Å². The van der Waals surface area contributed by atoms with Crippen molar-refractivity contribution in [2.45, 2.75) is 93.5 Å². The van der Waals surface area contributed by atoms with E-state index in [0.717, 1.165) is 0 Å². The number of carbonyl (C=O) groups excluding carboxylic acids is 3. The number of aliphatic hydroxyl groups excluding tert-OH is 2. The SMILES string of the molecule is CC1O[C@@H](c2ccc3c(c2OCc2ccccc2)C(=O)C2=C(C3=O)[C@@]3(O)C(=O)C[C@](C)(O)C[C@@]3(O)[C@H](OS(C)(=O)=O)C2)C[C@@H](O)[C@@H]1O. The maximum Gasteiger partial charge on any atom is 0.264 e. The van der Waals surface area contributed by atoms with Crippen molar-refractivity contribution >= 4 is 27.5 Å². The third-order valence-corrected chi connectivity index (χ3v) is 10.1. The summed E-state index contributed by atoms with van der Waals surface area (Å²) in [5.41, 5.74) is -8.50. The molecular formula is C33H36O13S. The third-order valence-electron chi connectivity index (χ3n) is 9.54. The predicted octanol–water partition coefficient (Wildman–Crippen LogP) is 0.837. The molecule has 8 atom stereocenters. The molecule has 4 aliphatic rings. The number of fused-ring (bicyclic) bond motifs is 3. The van der Waals surface area contributed by atoms with Crippen LogP contribution >= 0.6 is 0 Å². The molecule has 0 aromatic heterocycles. The second-order valence-corrected chi connectivity index (χ2v) is 14.8. The Labute approximate surface area is 270 Å². The van der Waals surface area contributed by atoms with Crippen LogP contribution < -0.4 is 4.74 Å². The van der Waals surface area contributed by atoms with E-state index in [0.29, 0.717) is 11.8 Å². The Morgan fingerprint density at radius 2 is 1.68 bits per heavy atom. The number of hydrogen-bond donors (Lipinski definition) is 5. The lowest BCUT2D eigenvalue weighted by Gasteiger charge is -2.56. The van der Waals surface area contributed by atoms with Crippen molar-refractivity contribution in [1.82, 2.24) is 0 Å². The zero-order valence-corrected chi connectivity index (χ0v) is 26.7. The molecule has 0 radical (unpaired) electrons. The normalized spacial score (nSPS) is 35.7. The van der Waals surface area contributed by atoms with Crippen LogP contribution in [0.3, 0.4) is 0 Å². The first-order valence-electron chi connectivity index (χ1n) is 15.1. The van der Waals surface area contributed by atoms with Crippen LogP contribution in [0.4, 0.5) is 0 Å². The molecule has 47 heavy (non-hydrogen) atoms. The molecule has 1 unspecified atom stereocenters. The van der Waals surface area contributed by atoms with Crippen molar-refractivity contribution in [1.29, 1.82) is 0 Å². The van der Waals surface area contributed by atoms with Crippen molar-refractivity contribution in [2.75, 3.05) is 6.26 Å². The van der Waals surface area contributed by atoms with Crippen LogP contribution in [-0.2, 0) is 30.4 Å². The van der Waals surface area contributed by atoms with Gasteiger partial charge >= 0.3 is 0 Å². The number of ether oxygens (including phenoxy) is 2. The minimum Gasteiger partial charge on any atom is -0.488 e. The summed E-state index contributed by atoms with van der Waals surface area (Å²) in [5, 5.41) is 55.6. The Kier molecular flexibility index (Phi) is 8.13. The molecule has 2 aromatic carbocycles. The molecule has 14 heteroatoms. The molecule has 13 nitrogen and oxygen atoms in total. The van der Waals surface area contributed by atoms with E-state index < -0.39 is 105 Å². The van der Waals surface area contributed by atoms with E-state index in [9.17, 15) is 48.3 Å². The second kappa shape index (κ2) is 11.4. The maximum atomic E-state index is 14.5. The molecule has 2 aromatic rings. The van der Waals surface area contributed by atoms with Crippen LogP contribution in [0.15, 0.2) is 53.6 Å². The first-order valence-corrected chi connectivity index (χ1v) is 17.0. The third kappa shape index (κ3) is 5.46. The fourth-order valence-electron chi connectivity index (χ4n) is 7.40. The van der Waals surface area contributed by atoms with Gasteiger partial charge in [-0.25, -0.2) is 0 Å². The summed E-state index contributed by atoms with van der Waals surface area (Å²) in [6, 6.07) is 11.7. The number of benzene rings is 2. The molecule has 0 amide bonds. The zero-order chi connectivity index (χ0) is 34.3. The Morgan fingerprint density at radius 1 is 1.00 bits per heavy atom. The van der Waals surface area contributed by atoms with Crippen LogP contribution in [0.5, 0.6) is 5.75 Å². The summed E-state index contributed by atoms with van der Waals surface area (Å²) < 4.78 is 42.0. The topological polar surface area (TPSA) is 214 Å². The number of carbonyl (C=O) groups is 3. The zero-order valence-electron chi connectivity index (χ0n) is 25.9. The van der Waals surface area contributed by atoms with Gasteiger partial charge in [0.15, 0.2) is 23.0 Å². The van der Waals surface area contributed by atoms with Crippen LogP contribution in [0.2, 0.25) is 0 Å². The number of hydrogen-bond acceptors (Lipinski definition) is 13. The second-order valence-electron chi connectivity index (χ2n) is 13.2. The number of Topliss-reactive ketones (excluding diaryl/α,β-unsaturated/α-hetero) is 3. The minimum atomic E-state index is -4.38. The molecule has 252 valence electrons. The summed E-state index contributed by atoms with van der Waals surface area (Å²) in [6.45, 7) is 2.72. The maximum absolute atomic E-state index is 14.5. The first kappa shape index (κ1) is 33.6. The van der Waals surface area contributed by atoms with Crippen molar-refractivity contribution in [2.24, 2.45) is 0 Å². The average molecular weight is 673 g/mol. The quantitative estimate of drug-likeness (QED) is 0.269. The summed E-state index contributed by atoms with van der Waals surface area (Å²) in [4.78, 5) is 42.5. The lowest BCUT2D eigenvalue weighted by atomic mass is 9.54. The van der Waals surface area contributed by atoms with Crippen molar-refractivity contribution in [3.05, 3.63) is 75.9 Å². The highest BCUT2D eigenvalue weighted by atomic mass is 32.2. The van der Waals surface area contributed by atoms with Crippen LogP contribution in [-0.4, -0.2) is 98.8 Å². The summed E-state index contributed by atoms with van der Waals surface area (Å²) in [6.07, 6.45) is -7.54. The Morgan fingerprint density at radius 3 is 2.32 bits per heavy atom. The largest absolute Gasteiger partial charge is 0.488 e. The van der Waals surface area contributed by atoms with Crippen LogP contribution in [0.25, 0.3) is 0 Å². The van der Waals surface area contributed by atoms with Gasteiger partial charge in [-0.15, -0.1) is 0 Å². The standard InChI is InChI=1S/C33H36O13S/c1-16-27(36)21(34)12-22(45-16)18-9-10-19-25(30(18)44-14-17-7-5-4-6-8-17)28(37)20-11-24(46-47(3,42)43)32(40)15-31(2,39)13-23(35)33(32,41)26(20)29(19)38/h4-10,16,21-22,24,27,34,36,39-41H,11-15H2,1-3H3/t16?,21-,22-,24-,27-,31+,32-,33+/m1/s1. The van der Waals surface area contributed by atoms with E-state index in [1.807, 2.05) is 0 Å². The Bertz CT molecular complexity index is 1790. The number of ketones is 3. The van der Waals surface area contributed by atoms with Gasteiger partial charge in [0.25, 0.3) is 10.1 Å². The van der Waals surface area contributed by atoms with E-state index in [4.69, 9.17) is 13.7 Å². The van der Waals surface area contributed by atoms with Gasteiger partial charge in [0, 0.05) is 48.0 Å². The number of aliphatic hydroxyl groups is 5. The molecule has 3 aliphatic carbocycles. The first-order chi connectivity index (χ1) is 21.9. The molecule has 6 rings (SSSR count). The Balaban J connectivity index is 1.54. The smallest absolute Gasteiger partial charge is 0.264 e. The lowest BCUT2D eigenvalue weighted by molar-refractivity contribution is -0.225. The highest BCUT2D eigenvalue weighted by Crippen LogP contribution is 2.55. The molecule has 1 saturated carbocycles. The van der Waals surface area contributed by atoms with Gasteiger partial charge < -0.3 is 35.0 Å². The summed E-state index contributed by atoms with van der Waals surface area (Å²) >= 11 is 0. The van der Waals surface area contributed by atoms with Gasteiger partial charge in [-0.1, -0.05) is 36.4 Å². The number of rotatable bonds is 6. The fraction of sp³-hybridized carbons (Fsp3) is 0.485. The highest BCUT2D eigenvalue weighted by Gasteiger charge is 2.71. The minimum absolute atomic E-state index is 0.0673. The van der Waals surface area contributed by atoms with Gasteiger partial charge in [0.05, 0.1) is 35.7 Å². The molecule has 1 aliphatic heterocycles. The highest BCUT2D eigenvalue weighted by molar-refractivity contribution is 7.86. The summed E-state index contributed by atoms with van der Waals surface area (Å²) in [5.74, 6) is -3.13. The molecule has 1 heterocycles. The predicted molar refractivity (Wildman–Crippen MR) is 162 cm³/mol. The van der Waals surface area contributed by atoms with Crippen molar-refractivity contribution in [3.63, 3.8) is 0 Å². The molecule has 5 N–H and O–H groups in total. The fourth-order valence-corrected chi connectivity index (χ4v) is 8.05. The van der Waals surface area contributed by atoms with Gasteiger partial charge in [-0.3, -0.25) is 18.6 Å². The van der Waals surface area contributed by atoms with Crippen molar-refractivity contribution in [3.8, 4) is 5.75 Å². The van der Waals surface area contributed by atoms with Crippen LogP contribution in [0, 0.1) is 0 Å². The van der Waals surface area contributed by atoms with Gasteiger partial charge in [0.2, 0.25) is 0 Å². The summed E-state index contributed by atoms with van der Waals surface area (Å²) in [7, 11) is -4.38. The van der Waals surface area contributed by atoms with Gasteiger partial charge in [0.1, 0.15) is 30.2 Å². The van der Waals surface area contributed by atoms with E-state index in [1.54, 1.807) is 37.3 Å². The average Bonchev–Trinajstić information content (AvgIpc) is 2.98. The molecule has 0 bridgehead atoms. The van der Waals surface area contributed by atoms with E-state index >= 15 is 0 Å². The molecule has 0 spiro atoms. The molecule has 1 saturated heterocycles. The van der Waals surface area contributed by atoms with E-state index in [1.165, 1.54) is 19.1 Å². The van der Waals surface area contributed by atoms with Gasteiger partial charge in [-0.05, 0) is 25.5 Å². The van der Waals surface area contributed by atoms with Gasteiger partial charge in [-0.2, -0.15) is 8.42 Å². The molecule has 2 fully saturated rings. The van der Waals surface area contributed by atoms with E-state index in [-0.39, 0.29) is 35.5 Å². The Hall–Kier alpha value is -3.34. The monoisotopic (exact) mass is 672 g/mol.